The van der Waals surface area contributed by atoms with E-state index in [1.165, 1.54) is 0 Å². The SMILES string of the molecule is CC(C)CC(=O)N1CCC(c2cnccn2)CC1. The lowest BCUT2D eigenvalue weighted by Gasteiger charge is -2.32. The molecule has 0 atom stereocenters. The van der Waals surface area contributed by atoms with Crippen molar-refractivity contribution in [2.75, 3.05) is 13.1 Å². The first-order valence-corrected chi connectivity index (χ1v) is 6.70. The standard InChI is InChI=1S/C14H21N3O/c1-11(2)9-14(18)17-7-3-12(4-8-17)13-10-15-5-6-16-13/h5-6,10-12H,3-4,7-9H2,1-2H3. The molecule has 18 heavy (non-hydrogen) atoms. The van der Waals surface area contributed by atoms with Crippen LogP contribution in [-0.2, 0) is 4.79 Å². The molecule has 1 aromatic heterocycles. The minimum absolute atomic E-state index is 0.294. The number of piperidine rings is 1. The van der Waals surface area contributed by atoms with Crippen LogP contribution < -0.4 is 0 Å². The molecule has 0 spiro atoms. The summed E-state index contributed by atoms with van der Waals surface area (Å²) in [5, 5.41) is 0. The van der Waals surface area contributed by atoms with E-state index in [9.17, 15) is 4.79 Å². The fraction of sp³-hybridized carbons (Fsp3) is 0.643. The van der Waals surface area contributed by atoms with Crippen LogP contribution in [0, 0.1) is 5.92 Å². The second kappa shape index (κ2) is 5.94. The summed E-state index contributed by atoms with van der Waals surface area (Å²) in [4.78, 5) is 22.4. The van der Waals surface area contributed by atoms with Gasteiger partial charge in [0.05, 0.1) is 5.69 Å². The Morgan fingerprint density at radius 3 is 2.67 bits per heavy atom. The number of likely N-dealkylation sites (tertiary alicyclic amines) is 1. The molecule has 0 bridgehead atoms. The second-order valence-electron chi connectivity index (χ2n) is 5.38. The predicted molar refractivity (Wildman–Crippen MR) is 70.0 cm³/mol. The molecule has 0 unspecified atom stereocenters. The summed E-state index contributed by atoms with van der Waals surface area (Å²) in [6, 6.07) is 0. The molecule has 4 heteroatoms. The van der Waals surface area contributed by atoms with Gasteiger partial charge in [-0.25, -0.2) is 0 Å². The first kappa shape index (κ1) is 13.0. The highest BCUT2D eigenvalue weighted by Crippen LogP contribution is 2.26. The minimum atomic E-state index is 0.294. The second-order valence-corrected chi connectivity index (χ2v) is 5.38. The average Bonchev–Trinajstić information content (AvgIpc) is 2.39. The van der Waals surface area contributed by atoms with Gasteiger partial charge in [0.15, 0.2) is 0 Å². The van der Waals surface area contributed by atoms with Crippen molar-refractivity contribution in [2.24, 2.45) is 5.92 Å². The highest BCUT2D eigenvalue weighted by Gasteiger charge is 2.24. The summed E-state index contributed by atoms with van der Waals surface area (Å²) in [6.07, 6.45) is 7.95. The van der Waals surface area contributed by atoms with Crippen LogP contribution in [0.5, 0.6) is 0 Å². The van der Waals surface area contributed by atoms with Crippen molar-refractivity contribution in [1.82, 2.24) is 14.9 Å². The van der Waals surface area contributed by atoms with Crippen LogP contribution in [0.2, 0.25) is 0 Å². The summed E-state index contributed by atoms with van der Waals surface area (Å²) >= 11 is 0. The molecule has 1 aliphatic heterocycles. The van der Waals surface area contributed by atoms with Gasteiger partial charge in [0.2, 0.25) is 5.91 Å². The Labute approximate surface area is 108 Å². The fourth-order valence-corrected chi connectivity index (χ4v) is 2.42. The summed E-state index contributed by atoms with van der Waals surface area (Å²) in [6.45, 7) is 5.88. The third-order valence-electron chi connectivity index (χ3n) is 3.43. The molecule has 98 valence electrons. The maximum atomic E-state index is 11.9. The third kappa shape index (κ3) is 3.28. The topological polar surface area (TPSA) is 46.1 Å². The van der Waals surface area contributed by atoms with Crippen LogP contribution in [0.1, 0.15) is 44.7 Å². The van der Waals surface area contributed by atoms with Gasteiger partial charge in [-0.05, 0) is 18.8 Å². The van der Waals surface area contributed by atoms with Gasteiger partial charge in [-0.1, -0.05) is 13.8 Å². The van der Waals surface area contributed by atoms with Gasteiger partial charge in [0, 0.05) is 44.0 Å². The monoisotopic (exact) mass is 247 g/mol. The average molecular weight is 247 g/mol. The van der Waals surface area contributed by atoms with E-state index >= 15 is 0 Å². The molecule has 2 rings (SSSR count). The van der Waals surface area contributed by atoms with E-state index in [-0.39, 0.29) is 0 Å². The Balaban J connectivity index is 1.87. The number of carbonyl (C=O) groups is 1. The number of aromatic nitrogens is 2. The summed E-state index contributed by atoms with van der Waals surface area (Å²) in [7, 11) is 0. The molecule has 1 saturated heterocycles. The molecule has 0 saturated carbocycles. The molecule has 1 aliphatic rings. The largest absolute Gasteiger partial charge is 0.343 e. The Morgan fingerprint density at radius 2 is 2.11 bits per heavy atom. The summed E-state index contributed by atoms with van der Waals surface area (Å²) in [5.74, 6) is 1.19. The highest BCUT2D eigenvalue weighted by molar-refractivity contribution is 5.76. The van der Waals surface area contributed by atoms with Crippen molar-refractivity contribution in [3.63, 3.8) is 0 Å². The maximum Gasteiger partial charge on any atom is 0.222 e. The smallest absolute Gasteiger partial charge is 0.222 e. The van der Waals surface area contributed by atoms with Gasteiger partial charge in [-0.2, -0.15) is 0 Å². The van der Waals surface area contributed by atoms with E-state index in [4.69, 9.17) is 0 Å². The van der Waals surface area contributed by atoms with Crippen LogP contribution in [0.4, 0.5) is 0 Å². The van der Waals surface area contributed by atoms with Gasteiger partial charge in [0.25, 0.3) is 0 Å². The normalized spacial score (nSPS) is 17.2. The van der Waals surface area contributed by atoms with Crippen molar-refractivity contribution in [2.45, 2.75) is 39.0 Å². The number of hydrogen-bond acceptors (Lipinski definition) is 3. The first-order chi connectivity index (χ1) is 8.66. The Bertz CT molecular complexity index is 383. The molecule has 2 heterocycles. The van der Waals surface area contributed by atoms with E-state index in [2.05, 4.69) is 23.8 Å². The number of rotatable bonds is 3. The van der Waals surface area contributed by atoms with Crippen molar-refractivity contribution >= 4 is 5.91 Å². The molecular formula is C14H21N3O. The van der Waals surface area contributed by atoms with E-state index in [1.54, 1.807) is 12.4 Å². The van der Waals surface area contributed by atoms with Crippen molar-refractivity contribution < 1.29 is 4.79 Å². The van der Waals surface area contributed by atoms with Gasteiger partial charge in [0.1, 0.15) is 0 Å². The zero-order chi connectivity index (χ0) is 13.0. The Morgan fingerprint density at radius 1 is 1.39 bits per heavy atom. The highest BCUT2D eigenvalue weighted by atomic mass is 16.2. The van der Waals surface area contributed by atoms with Crippen LogP contribution in [0.3, 0.4) is 0 Å². The molecule has 0 N–H and O–H groups in total. The van der Waals surface area contributed by atoms with Crippen LogP contribution in [-0.4, -0.2) is 33.9 Å². The maximum absolute atomic E-state index is 11.9. The molecule has 0 radical (unpaired) electrons. The van der Waals surface area contributed by atoms with E-state index in [0.29, 0.717) is 24.2 Å². The molecule has 1 fully saturated rings. The van der Waals surface area contributed by atoms with E-state index in [1.807, 2.05) is 11.1 Å². The van der Waals surface area contributed by atoms with Gasteiger partial charge in [-0.3, -0.25) is 14.8 Å². The molecule has 1 amide bonds. The van der Waals surface area contributed by atoms with Crippen molar-refractivity contribution in [1.29, 1.82) is 0 Å². The lowest BCUT2D eigenvalue weighted by atomic mass is 9.93. The molecule has 1 aromatic rings. The van der Waals surface area contributed by atoms with Crippen LogP contribution in [0.15, 0.2) is 18.6 Å². The van der Waals surface area contributed by atoms with Crippen LogP contribution >= 0.6 is 0 Å². The zero-order valence-electron chi connectivity index (χ0n) is 11.2. The third-order valence-corrected chi connectivity index (χ3v) is 3.43. The first-order valence-electron chi connectivity index (χ1n) is 6.70. The van der Waals surface area contributed by atoms with Crippen LogP contribution in [0.25, 0.3) is 0 Å². The number of amides is 1. The van der Waals surface area contributed by atoms with E-state index < -0.39 is 0 Å². The molecule has 0 aliphatic carbocycles. The molecule has 0 aromatic carbocycles. The Hall–Kier alpha value is -1.45. The summed E-state index contributed by atoms with van der Waals surface area (Å²) in [5.41, 5.74) is 1.06. The molecule has 4 nitrogen and oxygen atoms in total. The van der Waals surface area contributed by atoms with Crippen molar-refractivity contribution in [3.8, 4) is 0 Å². The summed E-state index contributed by atoms with van der Waals surface area (Å²) < 4.78 is 0. The number of nitrogens with zero attached hydrogens (tertiary/aromatic N) is 3. The fourth-order valence-electron chi connectivity index (χ4n) is 2.42. The van der Waals surface area contributed by atoms with Gasteiger partial charge < -0.3 is 4.90 Å². The lowest BCUT2D eigenvalue weighted by Crippen LogP contribution is -2.38. The van der Waals surface area contributed by atoms with E-state index in [0.717, 1.165) is 31.6 Å². The van der Waals surface area contributed by atoms with Gasteiger partial charge >= 0.3 is 0 Å². The molecular weight excluding hydrogens is 226 g/mol. The number of hydrogen-bond donors (Lipinski definition) is 0. The van der Waals surface area contributed by atoms with Gasteiger partial charge in [-0.15, -0.1) is 0 Å². The predicted octanol–water partition coefficient (Wildman–Crippen LogP) is 2.23. The zero-order valence-corrected chi connectivity index (χ0v) is 11.2. The lowest BCUT2D eigenvalue weighted by molar-refractivity contribution is -0.133. The van der Waals surface area contributed by atoms with Crippen molar-refractivity contribution in [3.05, 3.63) is 24.3 Å². The number of carbonyl (C=O) groups excluding carboxylic acids is 1. The quantitative estimate of drug-likeness (QED) is 0.822. The minimum Gasteiger partial charge on any atom is -0.343 e. The Kier molecular flexibility index (Phi) is 4.28.